The van der Waals surface area contributed by atoms with Gasteiger partial charge in [0.05, 0.1) is 0 Å². The quantitative estimate of drug-likeness (QED) is 0.301. The molecule has 3 rings (SSSR count). The van der Waals surface area contributed by atoms with Gasteiger partial charge >= 0.3 is 0 Å². The van der Waals surface area contributed by atoms with Gasteiger partial charge in [0, 0.05) is 5.56 Å². The fourth-order valence-electron chi connectivity index (χ4n) is 3.92. The zero-order valence-corrected chi connectivity index (χ0v) is 15.4. The maximum Gasteiger partial charge on any atom is 0.197 e. The average Bonchev–Trinajstić information content (AvgIpc) is 2.69. The molecule has 0 saturated heterocycles. The van der Waals surface area contributed by atoms with Crippen LogP contribution in [-0.4, -0.2) is 0 Å². The van der Waals surface area contributed by atoms with Gasteiger partial charge in [-0.3, -0.25) is 0 Å². The van der Waals surface area contributed by atoms with Crippen molar-refractivity contribution in [1.82, 2.24) is 0 Å². The molecule has 1 fully saturated rings. The van der Waals surface area contributed by atoms with Crippen LogP contribution in [0.25, 0.3) is 0 Å². The molecule has 0 radical (unpaired) electrons. The fourth-order valence-corrected chi connectivity index (χ4v) is 3.92. The van der Waals surface area contributed by atoms with Crippen molar-refractivity contribution in [3.05, 3.63) is 64.7 Å². The Bertz CT molecular complexity index is 765. The maximum atomic E-state index is 13.7. The van der Waals surface area contributed by atoms with Crippen LogP contribution < -0.4 is 4.74 Å². The van der Waals surface area contributed by atoms with Gasteiger partial charge in [-0.05, 0) is 61.3 Å². The Labute approximate surface area is 157 Å². The Morgan fingerprint density at radius 1 is 0.889 bits per heavy atom. The van der Waals surface area contributed by atoms with E-state index in [1.807, 2.05) is 12.1 Å². The average molecular weight is 380 g/mol. The first-order chi connectivity index (χ1) is 13.0. The van der Waals surface area contributed by atoms with Gasteiger partial charge in [-0.1, -0.05) is 31.9 Å². The van der Waals surface area contributed by atoms with Crippen LogP contribution in [0.15, 0.2) is 30.3 Å². The first-order valence-electron chi connectivity index (χ1n) is 9.54. The molecule has 1 aliphatic carbocycles. The SMILES string of the molecule is CCC[C@H]1CC[C@H](c2ccc(OCc3cc(F)c(F)c(F)c3F)cc2)CC1. The Hall–Kier alpha value is -2.04. The van der Waals surface area contributed by atoms with E-state index in [9.17, 15) is 17.6 Å². The molecule has 0 amide bonds. The Morgan fingerprint density at radius 2 is 1.56 bits per heavy atom. The van der Waals surface area contributed by atoms with Crippen molar-refractivity contribution in [2.45, 2.75) is 58.0 Å². The Balaban J connectivity index is 1.59. The minimum atomic E-state index is -1.82. The predicted molar refractivity (Wildman–Crippen MR) is 96.7 cm³/mol. The molecule has 0 spiro atoms. The van der Waals surface area contributed by atoms with Crippen molar-refractivity contribution in [3.8, 4) is 5.75 Å². The van der Waals surface area contributed by atoms with E-state index >= 15 is 0 Å². The minimum absolute atomic E-state index is 0.357. The predicted octanol–water partition coefficient (Wildman–Crippen LogP) is 6.90. The van der Waals surface area contributed by atoms with Crippen LogP contribution >= 0.6 is 0 Å². The van der Waals surface area contributed by atoms with Crippen LogP contribution in [0.3, 0.4) is 0 Å². The lowest BCUT2D eigenvalue weighted by molar-refractivity contribution is 0.292. The van der Waals surface area contributed by atoms with Crippen molar-refractivity contribution in [2.75, 3.05) is 0 Å². The molecule has 1 nitrogen and oxygen atoms in total. The van der Waals surface area contributed by atoms with E-state index in [2.05, 4.69) is 6.92 Å². The van der Waals surface area contributed by atoms with Crippen molar-refractivity contribution in [3.63, 3.8) is 0 Å². The minimum Gasteiger partial charge on any atom is -0.489 e. The van der Waals surface area contributed by atoms with Gasteiger partial charge in [0.2, 0.25) is 0 Å². The Kier molecular flexibility index (Phi) is 6.40. The van der Waals surface area contributed by atoms with Gasteiger partial charge in [0.25, 0.3) is 0 Å². The highest BCUT2D eigenvalue weighted by Gasteiger charge is 2.22. The molecule has 0 bridgehead atoms. The Morgan fingerprint density at radius 3 is 2.19 bits per heavy atom. The normalized spacial score (nSPS) is 19.9. The smallest absolute Gasteiger partial charge is 0.197 e. The lowest BCUT2D eigenvalue weighted by atomic mass is 9.77. The first kappa shape index (κ1) is 19.7. The van der Waals surface area contributed by atoms with Crippen LogP contribution in [0.4, 0.5) is 17.6 Å². The van der Waals surface area contributed by atoms with E-state index in [1.54, 1.807) is 12.1 Å². The third kappa shape index (κ3) is 4.63. The van der Waals surface area contributed by atoms with Gasteiger partial charge in [-0.2, -0.15) is 0 Å². The highest BCUT2D eigenvalue weighted by Crippen LogP contribution is 2.37. The molecule has 5 heteroatoms. The van der Waals surface area contributed by atoms with E-state index in [0.717, 1.165) is 5.92 Å². The van der Waals surface area contributed by atoms with E-state index in [1.165, 1.54) is 44.1 Å². The van der Waals surface area contributed by atoms with Gasteiger partial charge < -0.3 is 4.74 Å². The van der Waals surface area contributed by atoms with Crippen molar-refractivity contribution in [2.24, 2.45) is 5.92 Å². The van der Waals surface area contributed by atoms with Crippen molar-refractivity contribution < 1.29 is 22.3 Å². The summed E-state index contributed by atoms with van der Waals surface area (Å²) in [6.07, 6.45) is 7.44. The summed E-state index contributed by atoms with van der Waals surface area (Å²) in [6, 6.07) is 8.16. The van der Waals surface area contributed by atoms with Crippen molar-refractivity contribution >= 4 is 0 Å². The second kappa shape index (κ2) is 8.77. The molecule has 0 atom stereocenters. The molecule has 0 aromatic heterocycles. The molecule has 0 aliphatic heterocycles. The number of halogens is 4. The molecule has 2 aromatic carbocycles. The lowest BCUT2D eigenvalue weighted by Crippen LogP contribution is -2.13. The van der Waals surface area contributed by atoms with Gasteiger partial charge in [-0.25, -0.2) is 17.6 Å². The summed E-state index contributed by atoms with van der Waals surface area (Å²) in [5, 5.41) is 0. The summed E-state index contributed by atoms with van der Waals surface area (Å²) < 4.78 is 58.6. The summed E-state index contributed by atoms with van der Waals surface area (Å²) in [5.41, 5.74) is 0.895. The summed E-state index contributed by atoms with van der Waals surface area (Å²) in [4.78, 5) is 0. The van der Waals surface area contributed by atoms with Crippen LogP contribution in [0.2, 0.25) is 0 Å². The largest absolute Gasteiger partial charge is 0.489 e. The van der Waals surface area contributed by atoms with Crippen LogP contribution in [0.1, 0.15) is 62.5 Å². The number of benzene rings is 2. The molecule has 2 aromatic rings. The van der Waals surface area contributed by atoms with Gasteiger partial charge in [0.15, 0.2) is 23.3 Å². The molecule has 1 saturated carbocycles. The zero-order valence-electron chi connectivity index (χ0n) is 15.4. The summed E-state index contributed by atoms with van der Waals surface area (Å²) in [7, 11) is 0. The third-order valence-electron chi connectivity index (χ3n) is 5.47. The van der Waals surface area contributed by atoms with E-state index in [-0.39, 0.29) is 12.2 Å². The van der Waals surface area contributed by atoms with Crippen LogP contribution in [0.5, 0.6) is 5.75 Å². The fraction of sp³-hybridized carbons (Fsp3) is 0.455. The monoisotopic (exact) mass is 380 g/mol. The second-order valence-corrected chi connectivity index (χ2v) is 7.32. The van der Waals surface area contributed by atoms with Gasteiger partial charge in [-0.15, -0.1) is 0 Å². The van der Waals surface area contributed by atoms with E-state index in [0.29, 0.717) is 17.7 Å². The third-order valence-corrected chi connectivity index (χ3v) is 5.47. The highest BCUT2D eigenvalue weighted by molar-refractivity contribution is 5.30. The van der Waals surface area contributed by atoms with Gasteiger partial charge in [0.1, 0.15) is 12.4 Å². The van der Waals surface area contributed by atoms with Crippen LogP contribution in [-0.2, 0) is 6.61 Å². The topological polar surface area (TPSA) is 9.23 Å². The van der Waals surface area contributed by atoms with Crippen LogP contribution in [0, 0.1) is 29.2 Å². The maximum absolute atomic E-state index is 13.7. The summed E-state index contributed by atoms with van der Waals surface area (Å²) >= 11 is 0. The zero-order chi connectivity index (χ0) is 19.4. The molecule has 0 heterocycles. The summed E-state index contributed by atoms with van der Waals surface area (Å²) in [6.45, 7) is 1.85. The van der Waals surface area contributed by atoms with Crippen molar-refractivity contribution in [1.29, 1.82) is 0 Å². The first-order valence-corrected chi connectivity index (χ1v) is 9.54. The molecule has 146 valence electrons. The molecule has 27 heavy (non-hydrogen) atoms. The molecule has 0 N–H and O–H groups in total. The number of hydrogen-bond donors (Lipinski definition) is 0. The number of rotatable bonds is 6. The highest BCUT2D eigenvalue weighted by atomic mass is 19.2. The number of ether oxygens (including phenoxy) is 1. The lowest BCUT2D eigenvalue weighted by Gasteiger charge is -2.28. The van der Waals surface area contributed by atoms with E-state index in [4.69, 9.17) is 4.74 Å². The summed E-state index contributed by atoms with van der Waals surface area (Å²) in [5.74, 6) is -4.61. The molecular weight excluding hydrogens is 356 g/mol. The standard InChI is InChI=1S/C22H24F4O/c1-2-3-14-4-6-15(7-5-14)16-8-10-18(11-9-16)27-13-17-12-19(23)21(25)22(26)20(17)24/h8-12,14-15H,2-7,13H2,1H3/t14-,15-. The molecular formula is C22H24F4O. The number of hydrogen-bond acceptors (Lipinski definition) is 1. The molecule has 1 aliphatic rings. The second-order valence-electron chi connectivity index (χ2n) is 7.32. The molecule has 0 unspecified atom stereocenters. The van der Waals surface area contributed by atoms with E-state index < -0.39 is 23.3 Å².